The molecule has 0 radical (unpaired) electrons. The molecule has 132 valence electrons. The number of carbonyl (C=O) groups excluding carboxylic acids is 1. The number of anilines is 1. The van der Waals surface area contributed by atoms with Crippen LogP contribution >= 0.6 is 0 Å². The lowest BCUT2D eigenvalue weighted by Gasteiger charge is -2.20. The van der Waals surface area contributed by atoms with Crippen LogP contribution in [0.4, 0.5) is 5.82 Å². The maximum atomic E-state index is 12.2. The molecule has 0 bridgehead atoms. The van der Waals surface area contributed by atoms with Crippen LogP contribution in [0.15, 0.2) is 22.9 Å². The summed E-state index contributed by atoms with van der Waals surface area (Å²) in [6.45, 7) is 3.98. The van der Waals surface area contributed by atoms with Crippen LogP contribution in [0.1, 0.15) is 25.1 Å². The number of hydrogen-bond donors (Lipinski definition) is 1. The number of amides is 1. The van der Waals surface area contributed by atoms with E-state index in [9.17, 15) is 4.79 Å². The monoisotopic (exact) mass is 343 g/mol. The molecule has 2 aromatic rings. The summed E-state index contributed by atoms with van der Waals surface area (Å²) >= 11 is 0. The second-order valence-corrected chi connectivity index (χ2v) is 6.46. The molecule has 0 unspecified atom stereocenters. The fraction of sp³-hybridized carbons (Fsp3) is 0.529. The molecular formula is C17H21N5O3. The van der Waals surface area contributed by atoms with Gasteiger partial charge in [0.05, 0.1) is 5.56 Å². The Morgan fingerprint density at radius 3 is 3.08 bits per heavy atom. The quantitative estimate of drug-likeness (QED) is 0.894. The molecule has 8 heteroatoms. The highest BCUT2D eigenvalue weighted by Crippen LogP contribution is 2.29. The van der Waals surface area contributed by atoms with Gasteiger partial charge in [-0.25, -0.2) is 4.98 Å². The normalized spacial score (nSPS) is 23.2. The van der Waals surface area contributed by atoms with Gasteiger partial charge in [0.15, 0.2) is 5.82 Å². The third-order valence-electron chi connectivity index (χ3n) is 4.60. The van der Waals surface area contributed by atoms with E-state index in [1.54, 1.807) is 13.1 Å². The van der Waals surface area contributed by atoms with Gasteiger partial charge in [0, 0.05) is 31.9 Å². The summed E-state index contributed by atoms with van der Waals surface area (Å²) in [7, 11) is 0. The molecule has 0 aliphatic carbocycles. The predicted molar refractivity (Wildman–Crippen MR) is 90.0 cm³/mol. The van der Waals surface area contributed by atoms with E-state index in [0.29, 0.717) is 24.9 Å². The molecule has 2 atom stereocenters. The zero-order valence-electron chi connectivity index (χ0n) is 14.1. The van der Waals surface area contributed by atoms with Gasteiger partial charge in [0.1, 0.15) is 11.9 Å². The van der Waals surface area contributed by atoms with Crippen molar-refractivity contribution in [3.8, 4) is 11.5 Å². The van der Waals surface area contributed by atoms with Gasteiger partial charge < -0.3 is 19.5 Å². The van der Waals surface area contributed by atoms with Crippen molar-refractivity contribution in [3.05, 3.63) is 24.2 Å². The molecule has 2 aliphatic rings. The smallest absolute Gasteiger partial charge is 0.261 e. The molecule has 2 aliphatic heterocycles. The second kappa shape index (κ2) is 6.79. The zero-order valence-corrected chi connectivity index (χ0v) is 14.1. The van der Waals surface area contributed by atoms with Crippen molar-refractivity contribution in [1.82, 2.24) is 20.4 Å². The molecule has 2 saturated heterocycles. The highest BCUT2D eigenvalue weighted by atomic mass is 16.5. The van der Waals surface area contributed by atoms with Crippen molar-refractivity contribution in [2.75, 3.05) is 24.6 Å². The summed E-state index contributed by atoms with van der Waals surface area (Å²) in [4.78, 5) is 23.2. The number of pyridine rings is 1. The Kier molecular flexibility index (Phi) is 4.35. The van der Waals surface area contributed by atoms with Crippen LogP contribution in [0.5, 0.6) is 0 Å². The van der Waals surface area contributed by atoms with Crippen LogP contribution in [0.25, 0.3) is 11.5 Å². The lowest BCUT2D eigenvalue weighted by atomic mass is 10.2. The summed E-state index contributed by atoms with van der Waals surface area (Å²) in [5, 5.41) is 6.95. The highest BCUT2D eigenvalue weighted by Gasteiger charge is 2.30. The summed E-state index contributed by atoms with van der Waals surface area (Å²) in [6, 6.07) is 3.87. The summed E-state index contributed by atoms with van der Waals surface area (Å²) < 4.78 is 10.7. The Hall–Kier alpha value is -2.48. The standard InChI is InChI=1S/C17H21N5O3/c1-11-19-17(25-21-11)13-4-2-7-18-15(13)22-8-6-12(10-22)20-16(23)14-5-3-9-24-14/h2,4,7,12,14H,3,5-6,8-10H2,1H3,(H,20,23)/t12-,14-/m1/s1. The Bertz CT molecular complexity index is 756. The van der Waals surface area contributed by atoms with Crippen molar-refractivity contribution in [3.63, 3.8) is 0 Å². The topological polar surface area (TPSA) is 93.4 Å². The van der Waals surface area contributed by atoms with Crippen LogP contribution < -0.4 is 10.2 Å². The van der Waals surface area contributed by atoms with E-state index >= 15 is 0 Å². The van der Waals surface area contributed by atoms with Gasteiger partial charge >= 0.3 is 0 Å². The molecule has 8 nitrogen and oxygen atoms in total. The molecule has 0 spiro atoms. The number of hydrogen-bond acceptors (Lipinski definition) is 7. The number of nitrogens with one attached hydrogen (secondary N) is 1. The molecular weight excluding hydrogens is 322 g/mol. The summed E-state index contributed by atoms with van der Waals surface area (Å²) in [6.07, 6.45) is 4.09. The number of aryl methyl sites for hydroxylation is 1. The first kappa shape index (κ1) is 16.0. The number of nitrogens with zero attached hydrogens (tertiary/aromatic N) is 4. The Morgan fingerprint density at radius 2 is 2.32 bits per heavy atom. The van der Waals surface area contributed by atoms with Crippen molar-refractivity contribution < 1.29 is 14.1 Å². The van der Waals surface area contributed by atoms with E-state index in [1.807, 2.05) is 12.1 Å². The van der Waals surface area contributed by atoms with Crippen LogP contribution in [0.3, 0.4) is 0 Å². The van der Waals surface area contributed by atoms with E-state index in [0.717, 1.165) is 37.2 Å². The minimum atomic E-state index is -0.291. The molecule has 0 saturated carbocycles. The van der Waals surface area contributed by atoms with Crippen molar-refractivity contribution in [2.24, 2.45) is 0 Å². The average Bonchev–Trinajstić information content (AvgIpc) is 3.36. The Labute approximate surface area is 145 Å². The van der Waals surface area contributed by atoms with Gasteiger partial charge in [-0.2, -0.15) is 4.98 Å². The minimum absolute atomic E-state index is 0.00174. The lowest BCUT2D eigenvalue weighted by Crippen LogP contribution is -2.42. The minimum Gasteiger partial charge on any atom is -0.368 e. The summed E-state index contributed by atoms with van der Waals surface area (Å²) in [5.41, 5.74) is 0.814. The molecule has 0 aromatic carbocycles. The predicted octanol–water partition coefficient (Wildman–Crippen LogP) is 1.31. The van der Waals surface area contributed by atoms with Gasteiger partial charge in [0.25, 0.3) is 5.89 Å². The SMILES string of the molecule is Cc1noc(-c2cccnc2N2CC[C@@H](NC(=O)[C@H]3CCCO3)C2)n1. The fourth-order valence-electron chi connectivity index (χ4n) is 3.37. The van der Waals surface area contributed by atoms with Crippen LogP contribution in [-0.2, 0) is 9.53 Å². The summed E-state index contributed by atoms with van der Waals surface area (Å²) in [5.74, 6) is 1.86. The van der Waals surface area contributed by atoms with Crippen LogP contribution in [0, 0.1) is 6.92 Å². The van der Waals surface area contributed by atoms with Gasteiger partial charge in [0.2, 0.25) is 5.91 Å². The fourth-order valence-corrected chi connectivity index (χ4v) is 3.37. The Balaban J connectivity index is 1.46. The molecule has 2 aromatic heterocycles. The van der Waals surface area contributed by atoms with E-state index in [1.165, 1.54) is 0 Å². The molecule has 2 fully saturated rings. The van der Waals surface area contributed by atoms with E-state index in [2.05, 4.69) is 25.3 Å². The van der Waals surface area contributed by atoms with Crippen LogP contribution in [-0.4, -0.2) is 52.9 Å². The first-order valence-corrected chi connectivity index (χ1v) is 8.63. The third-order valence-corrected chi connectivity index (χ3v) is 4.60. The van der Waals surface area contributed by atoms with Crippen LogP contribution in [0.2, 0.25) is 0 Å². The molecule has 1 amide bonds. The van der Waals surface area contributed by atoms with Crippen molar-refractivity contribution in [1.29, 1.82) is 0 Å². The van der Waals surface area contributed by atoms with E-state index in [4.69, 9.17) is 9.26 Å². The second-order valence-electron chi connectivity index (χ2n) is 6.46. The van der Waals surface area contributed by atoms with E-state index in [-0.39, 0.29) is 18.1 Å². The highest BCUT2D eigenvalue weighted by molar-refractivity contribution is 5.81. The third kappa shape index (κ3) is 3.34. The van der Waals surface area contributed by atoms with Crippen molar-refractivity contribution >= 4 is 11.7 Å². The Morgan fingerprint density at radius 1 is 1.40 bits per heavy atom. The van der Waals surface area contributed by atoms with Gasteiger partial charge in [-0.1, -0.05) is 5.16 Å². The largest absolute Gasteiger partial charge is 0.368 e. The maximum absolute atomic E-state index is 12.2. The van der Waals surface area contributed by atoms with Gasteiger partial charge in [-0.05, 0) is 38.3 Å². The average molecular weight is 343 g/mol. The number of rotatable bonds is 4. The van der Waals surface area contributed by atoms with E-state index < -0.39 is 0 Å². The number of aromatic nitrogens is 3. The zero-order chi connectivity index (χ0) is 17.2. The van der Waals surface area contributed by atoms with Crippen molar-refractivity contribution in [2.45, 2.75) is 38.3 Å². The molecule has 4 heterocycles. The maximum Gasteiger partial charge on any atom is 0.261 e. The van der Waals surface area contributed by atoms with Gasteiger partial charge in [-0.15, -0.1) is 0 Å². The molecule has 4 rings (SSSR count). The lowest BCUT2D eigenvalue weighted by molar-refractivity contribution is -0.130. The number of ether oxygens (including phenoxy) is 1. The molecule has 25 heavy (non-hydrogen) atoms. The first-order chi connectivity index (χ1) is 12.2. The number of carbonyl (C=O) groups is 1. The van der Waals surface area contributed by atoms with Gasteiger partial charge in [-0.3, -0.25) is 4.79 Å². The first-order valence-electron chi connectivity index (χ1n) is 8.63. The molecule has 1 N–H and O–H groups in total.